The van der Waals surface area contributed by atoms with Crippen LogP contribution in [0.2, 0.25) is 0 Å². The Bertz CT molecular complexity index is 642. The average Bonchev–Trinajstić information content (AvgIpc) is 2.74. The van der Waals surface area contributed by atoms with E-state index in [0.717, 1.165) is 45.5 Å². The van der Waals surface area contributed by atoms with Gasteiger partial charge in [0, 0.05) is 32.1 Å². The maximum Gasteiger partial charge on any atom is 0.290 e. The minimum atomic E-state index is -0.250. The third-order valence-electron chi connectivity index (χ3n) is 6.42. The summed E-state index contributed by atoms with van der Waals surface area (Å²) in [5.41, 5.74) is 1.21. The Kier molecular flexibility index (Phi) is 8.03. The fourth-order valence-electron chi connectivity index (χ4n) is 5.25. The van der Waals surface area contributed by atoms with Gasteiger partial charge in [0.15, 0.2) is 0 Å². The smallest absolute Gasteiger partial charge is 0.290 e. The van der Waals surface area contributed by atoms with Crippen LogP contribution in [0.25, 0.3) is 0 Å². The van der Waals surface area contributed by atoms with Gasteiger partial charge in [0.2, 0.25) is 5.91 Å². The molecule has 4 rings (SSSR count). The molecule has 0 aliphatic carbocycles. The second-order valence-electron chi connectivity index (χ2n) is 8.17. The molecule has 3 fully saturated rings. The van der Waals surface area contributed by atoms with Crippen LogP contribution in [-0.4, -0.2) is 77.3 Å². The lowest BCUT2D eigenvalue weighted by Crippen LogP contribution is -2.66. The number of hydrogen-bond donors (Lipinski definition) is 2. The van der Waals surface area contributed by atoms with Crippen molar-refractivity contribution >= 4 is 12.4 Å². The van der Waals surface area contributed by atoms with Crippen molar-refractivity contribution in [3.8, 4) is 0 Å². The minimum absolute atomic E-state index is 0.0112. The van der Waals surface area contributed by atoms with Gasteiger partial charge >= 0.3 is 0 Å². The van der Waals surface area contributed by atoms with Gasteiger partial charge in [-0.15, -0.1) is 0 Å². The van der Waals surface area contributed by atoms with Gasteiger partial charge in [-0.1, -0.05) is 30.3 Å². The lowest BCUT2D eigenvalue weighted by atomic mass is 9.72. The number of carbonyl (C=O) groups is 2. The molecule has 0 unspecified atom stereocenters. The summed E-state index contributed by atoms with van der Waals surface area (Å²) in [5.74, 6) is 1.20. The predicted octanol–water partition coefficient (Wildman–Crippen LogP) is 1.60. The molecule has 3 aliphatic heterocycles. The fourth-order valence-corrected chi connectivity index (χ4v) is 5.25. The summed E-state index contributed by atoms with van der Waals surface area (Å²) in [5, 5.41) is 16.8. The zero-order valence-corrected chi connectivity index (χ0v) is 16.9. The molecule has 1 aromatic carbocycles. The highest BCUT2D eigenvalue weighted by Gasteiger charge is 2.48. The van der Waals surface area contributed by atoms with Gasteiger partial charge in [-0.2, -0.15) is 0 Å². The van der Waals surface area contributed by atoms with E-state index < -0.39 is 0 Å². The Morgan fingerprint density at radius 1 is 1.17 bits per heavy atom. The summed E-state index contributed by atoms with van der Waals surface area (Å²) >= 11 is 0. The number of piperidine rings is 3. The van der Waals surface area contributed by atoms with E-state index in [1.165, 1.54) is 5.56 Å². The molecule has 2 bridgehead atoms. The van der Waals surface area contributed by atoms with Gasteiger partial charge in [-0.3, -0.25) is 9.59 Å². The summed E-state index contributed by atoms with van der Waals surface area (Å²) < 4.78 is 5.87. The number of rotatable bonds is 6. The zero-order valence-electron chi connectivity index (χ0n) is 16.9. The summed E-state index contributed by atoms with van der Waals surface area (Å²) in [6.45, 7) is 4.18. The molecule has 3 aliphatic rings. The van der Waals surface area contributed by atoms with Crippen molar-refractivity contribution in [2.24, 2.45) is 11.8 Å². The molecule has 160 valence electrons. The van der Waals surface area contributed by atoms with Gasteiger partial charge in [-0.25, -0.2) is 0 Å². The van der Waals surface area contributed by atoms with Crippen LogP contribution in [0, 0.1) is 11.8 Å². The predicted molar refractivity (Wildman–Crippen MR) is 108 cm³/mol. The third-order valence-corrected chi connectivity index (χ3v) is 6.42. The number of likely N-dealkylation sites (tertiary alicyclic amines) is 1. The summed E-state index contributed by atoms with van der Waals surface area (Å²) in [6.07, 6.45) is 3.90. The number of aliphatic hydroxyl groups is 1. The van der Waals surface area contributed by atoms with E-state index in [-0.39, 0.29) is 25.0 Å². The molecule has 1 amide bonds. The van der Waals surface area contributed by atoms with E-state index in [0.29, 0.717) is 30.9 Å². The Morgan fingerprint density at radius 2 is 1.90 bits per heavy atom. The van der Waals surface area contributed by atoms with Crippen LogP contribution in [0.1, 0.15) is 31.2 Å². The topological polar surface area (TPSA) is 90.3 Å². The van der Waals surface area contributed by atoms with E-state index in [2.05, 4.69) is 21.9 Å². The monoisotopic (exact) mass is 404 g/mol. The Morgan fingerprint density at radius 3 is 2.62 bits per heavy atom. The third kappa shape index (κ3) is 5.35. The Labute approximate surface area is 172 Å². The van der Waals surface area contributed by atoms with Crippen LogP contribution in [0.3, 0.4) is 0 Å². The van der Waals surface area contributed by atoms with E-state index in [1.54, 1.807) is 0 Å². The van der Waals surface area contributed by atoms with E-state index in [1.807, 2.05) is 18.2 Å². The maximum absolute atomic E-state index is 12.4. The molecule has 0 aromatic heterocycles. The van der Waals surface area contributed by atoms with Crippen molar-refractivity contribution in [2.45, 2.75) is 44.4 Å². The van der Waals surface area contributed by atoms with E-state index in [4.69, 9.17) is 14.6 Å². The van der Waals surface area contributed by atoms with Crippen molar-refractivity contribution in [1.82, 2.24) is 9.80 Å². The lowest BCUT2D eigenvalue weighted by molar-refractivity contribution is -0.155. The van der Waals surface area contributed by atoms with Crippen LogP contribution < -0.4 is 0 Å². The molecule has 1 aromatic rings. The first kappa shape index (κ1) is 21.7. The standard InChI is InChI=1S/C21H30N2O3.CH2O2/c24-14-20-18-11-17(19-7-4-8-21(25)23(19)20)12-22(13-18)9-10-26-15-16-5-2-1-3-6-16;2-1-3/h1-3,5-6,17-20,24H,4,7-15H2;1H,(H,2,3)/t17-,18+,19+,20+;/m1./s1. The number of ether oxygens (including phenoxy) is 1. The number of carbonyl (C=O) groups excluding carboxylic acids is 1. The van der Waals surface area contributed by atoms with Gasteiger partial charge in [0.05, 0.1) is 25.9 Å². The first-order chi connectivity index (χ1) is 14.2. The molecular formula is C22H32N2O5. The van der Waals surface area contributed by atoms with Crippen LogP contribution in [0.4, 0.5) is 0 Å². The van der Waals surface area contributed by atoms with Gasteiger partial charge in [0.1, 0.15) is 0 Å². The second kappa shape index (κ2) is 10.7. The van der Waals surface area contributed by atoms with Crippen LogP contribution >= 0.6 is 0 Å². The molecule has 0 spiro atoms. The molecule has 7 heteroatoms. The Hall–Kier alpha value is -1.96. The first-order valence-electron chi connectivity index (χ1n) is 10.5. The summed E-state index contributed by atoms with van der Waals surface area (Å²) in [4.78, 5) is 25.3. The molecule has 29 heavy (non-hydrogen) atoms. The molecule has 0 saturated carbocycles. The number of nitrogens with zero attached hydrogens (tertiary/aromatic N) is 2. The molecule has 3 heterocycles. The maximum atomic E-state index is 12.4. The molecule has 7 nitrogen and oxygen atoms in total. The normalized spacial score (nSPS) is 28.9. The highest BCUT2D eigenvalue weighted by Crippen LogP contribution is 2.41. The number of hydrogen-bond acceptors (Lipinski definition) is 5. The number of fused-ring (bicyclic) bond motifs is 4. The number of amides is 1. The molecule has 4 atom stereocenters. The first-order valence-corrected chi connectivity index (χ1v) is 10.5. The molecular weight excluding hydrogens is 372 g/mol. The average molecular weight is 405 g/mol. The quantitative estimate of drug-likeness (QED) is 0.553. The van der Waals surface area contributed by atoms with Gasteiger partial charge < -0.3 is 24.7 Å². The summed E-state index contributed by atoms with van der Waals surface area (Å²) in [7, 11) is 0. The molecule has 0 radical (unpaired) electrons. The number of aliphatic hydroxyl groups excluding tert-OH is 1. The van der Waals surface area contributed by atoms with Crippen molar-refractivity contribution in [3.63, 3.8) is 0 Å². The summed E-state index contributed by atoms with van der Waals surface area (Å²) in [6, 6.07) is 10.6. The van der Waals surface area contributed by atoms with Gasteiger partial charge in [0.25, 0.3) is 6.47 Å². The van der Waals surface area contributed by atoms with Crippen molar-refractivity contribution in [1.29, 1.82) is 0 Å². The zero-order chi connectivity index (χ0) is 20.6. The number of benzene rings is 1. The van der Waals surface area contributed by atoms with Crippen molar-refractivity contribution < 1.29 is 24.5 Å². The van der Waals surface area contributed by atoms with Crippen molar-refractivity contribution in [3.05, 3.63) is 35.9 Å². The second-order valence-corrected chi connectivity index (χ2v) is 8.17. The van der Waals surface area contributed by atoms with Crippen molar-refractivity contribution in [2.75, 3.05) is 32.8 Å². The highest BCUT2D eigenvalue weighted by molar-refractivity contribution is 5.78. The highest BCUT2D eigenvalue weighted by atomic mass is 16.5. The van der Waals surface area contributed by atoms with Crippen LogP contribution in [0.5, 0.6) is 0 Å². The molecule has 3 saturated heterocycles. The van der Waals surface area contributed by atoms with E-state index >= 15 is 0 Å². The fraction of sp³-hybridized carbons (Fsp3) is 0.636. The number of carboxylic acid groups (broad SMARTS) is 1. The Balaban J connectivity index is 0.000000755. The largest absolute Gasteiger partial charge is 0.483 e. The van der Waals surface area contributed by atoms with E-state index in [9.17, 15) is 9.90 Å². The SMILES string of the molecule is O=C1CCC[C@H]2[C@@H]3C[C@@H](CN(CCOCc4ccccc4)C3)[C@H](CO)N12.O=CO. The minimum Gasteiger partial charge on any atom is -0.483 e. The lowest BCUT2D eigenvalue weighted by Gasteiger charge is -2.56. The van der Waals surface area contributed by atoms with Crippen LogP contribution in [-0.2, 0) is 20.9 Å². The van der Waals surface area contributed by atoms with Crippen LogP contribution in [0.15, 0.2) is 30.3 Å². The molecule has 2 N–H and O–H groups in total. The van der Waals surface area contributed by atoms with Gasteiger partial charge in [-0.05, 0) is 36.7 Å².